The third-order valence-corrected chi connectivity index (χ3v) is 2.74. The van der Waals surface area contributed by atoms with Gasteiger partial charge in [0.25, 0.3) is 5.91 Å². The zero-order valence-corrected chi connectivity index (χ0v) is 11.2. The lowest BCUT2D eigenvalue weighted by atomic mass is 10.2. The summed E-state index contributed by atoms with van der Waals surface area (Å²) in [6.45, 7) is 0.248. The second-order valence-electron chi connectivity index (χ2n) is 4.42. The molecular weight excluding hydrogens is 275 g/mol. The largest absolute Gasteiger partial charge is 0.505 e. The highest BCUT2D eigenvalue weighted by Crippen LogP contribution is 2.19. The van der Waals surface area contributed by atoms with Crippen LogP contribution in [0.3, 0.4) is 0 Å². The van der Waals surface area contributed by atoms with Crippen molar-refractivity contribution in [2.75, 3.05) is 11.9 Å². The quantitative estimate of drug-likeness (QED) is 0.759. The number of carbonyl (C=O) groups is 1. The lowest BCUT2D eigenvalue weighted by Gasteiger charge is -2.08. The van der Waals surface area contributed by atoms with Crippen LogP contribution in [0.25, 0.3) is 0 Å². The molecule has 5 nitrogen and oxygen atoms in total. The molecule has 0 saturated heterocycles. The Labute approximate surface area is 121 Å². The van der Waals surface area contributed by atoms with Gasteiger partial charge in [-0.25, -0.2) is 4.39 Å². The first-order chi connectivity index (χ1) is 10.0. The van der Waals surface area contributed by atoms with Crippen LogP contribution >= 0.6 is 0 Å². The number of nitrogens with two attached hydrogens (primary N) is 1. The van der Waals surface area contributed by atoms with Gasteiger partial charge >= 0.3 is 0 Å². The van der Waals surface area contributed by atoms with Gasteiger partial charge in [-0.1, -0.05) is 6.07 Å². The van der Waals surface area contributed by atoms with Gasteiger partial charge in [0.1, 0.15) is 5.75 Å². The molecule has 0 unspecified atom stereocenters. The molecule has 2 aromatic carbocycles. The van der Waals surface area contributed by atoms with Gasteiger partial charge in [0.05, 0.1) is 0 Å². The number of hydrogen-bond donors (Lipinski definition) is 3. The number of primary amides is 1. The zero-order chi connectivity index (χ0) is 15.2. The van der Waals surface area contributed by atoms with Gasteiger partial charge in [-0.3, -0.25) is 4.79 Å². The highest BCUT2D eigenvalue weighted by molar-refractivity contribution is 5.75. The molecule has 110 valence electrons. The number of rotatable bonds is 6. The van der Waals surface area contributed by atoms with Crippen LogP contribution in [0.5, 0.6) is 11.5 Å². The van der Waals surface area contributed by atoms with Gasteiger partial charge < -0.3 is 20.9 Å². The zero-order valence-electron chi connectivity index (χ0n) is 11.2. The molecule has 1 amide bonds. The van der Waals surface area contributed by atoms with Crippen molar-refractivity contribution in [2.24, 2.45) is 5.73 Å². The minimum Gasteiger partial charge on any atom is -0.505 e. The smallest absolute Gasteiger partial charge is 0.255 e. The fourth-order valence-corrected chi connectivity index (χ4v) is 1.69. The fourth-order valence-electron chi connectivity index (χ4n) is 1.69. The van der Waals surface area contributed by atoms with Crippen LogP contribution in [0.1, 0.15) is 5.56 Å². The van der Waals surface area contributed by atoms with Crippen molar-refractivity contribution >= 4 is 11.6 Å². The van der Waals surface area contributed by atoms with E-state index in [0.717, 1.165) is 5.69 Å². The summed E-state index contributed by atoms with van der Waals surface area (Å²) in [6.07, 6.45) is 0. The Bertz CT molecular complexity index is 629. The topological polar surface area (TPSA) is 84.6 Å². The molecule has 21 heavy (non-hydrogen) atoms. The third-order valence-electron chi connectivity index (χ3n) is 2.74. The standard InChI is InChI=1S/C15H15FN2O3/c16-13-7-10(1-6-14(13)19)8-18-11-2-4-12(5-3-11)21-9-15(17)20/h1-7,18-19H,8-9H2,(H2,17,20). The maximum Gasteiger partial charge on any atom is 0.255 e. The lowest BCUT2D eigenvalue weighted by Crippen LogP contribution is -2.19. The van der Waals surface area contributed by atoms with Crippen molar-refractivity contribution in [1.29, 1.82) is 0 Å². The summed E-state index contributed by atoms with van der Waals surface area (Å²) in [5, 5.41) is 12.2. The highest BCUT2D eigenvalue weighted by atomic mass is 19.1. The number of phenols is 1. The van der Waals surface area contributed by atoms with Crippen molar-refractivity contribution in [3.8, 4) is 11.5 Å². The normalized spacial score (nSPS) is 10.1. The summed E-state index contributed by atoms with van der Waals surface area (Å²) < 4.78 is 18.3. The predicted molar refractivity (Wildman–Crippen MR) is 76.5 cm³/mol. The molecule has 0 heterocycles. The minimum absolute atomic E-state index is 0.167. The first-order valence-electron chi connectivity index (χ1n) is 6.27. The molecular formula is C15H15FN2O3. The van der Waals surface area contributed by atoms with Gasteiger partial charge in [-0.2, -0.15) is 0 Å². The van der Waals surface area contributed by atoms with Crippen molar-refractivity contribution in [1.82, 2.24) is 0 Å². The van der Waals surface area contributed by atoms with Crippen LogP contribution in [0.15, 0.2) is 42.5 Å². The van der Waals surface area contributed by atoms with Crippen molar-refractivity contribution in [3.05, 3.63) is 53.8 Å². The Morgan fingerprint density at radius 2 is 1.95 bits per heavy atom. The lowest BCUT2D eigenvalue weighted by molar-refractivity contribution is -0.119. The molecule has 6 heteroatoms. The number of nitrogens with one attached hydrogen (secondary N) is 1. The van der Waals surface area contributed by atoms with Crippen molar-refractivity contribution in [3.63, 3.8) is 0 Å². The number of halogens is 1. The summed E-state index contributed by atoms with van der Waals surface area (Å²) in [6, 6.07) is 11.2. The summed E-state index contributed by atoms with van der Waals surface area (Å²) >= 11 is 0. The molecule has 2 aromatic rings. The van der Waals surface area contributed by atoms with E-state index in [-0.39, 0.29) is 12.4 Å². The van der Waals surface area contributed by atoms with Crippen molar-refractivity contribution in [2.45, 2.75) is 6.54 Å². The van der Waals surface area contributed by atoms with E-state index in [1.54, 1.807) is 30.3 Å². The van der Waals surface area contributed by atoms with Gasteiger partial charge in [-0.15, -0.1) is 0 Å². The molecule has 0 fully saturated rings. The number of amides is 1. The number of hydrogen-bond acceptors (Lipinski definition) is 4. The Morgan fingerprint density at radius 3 is 2.57 bits per heavy atom. The summed E-state index contributed by atoms with van der Waals surface area (Å²) in [5.74, 6) is -1.01. The Hall–Kier alpha value is -2.76. The summed E-state index contributed by atoms with van der Waals surface area (Å²) in [5.41, 5.74) is 6.50. The fraction of sp³-hybridized carbons (Fsp3) is 0.133. The molecule has 0 aliphatic carbocycles. The molecule has 2 rings (SSSR count). The van der Waals surface area contributed by atoms with Crippen LogP contribution in [-0.2, 0) is 11.3 Å². The first kappa shape index (κ1) is 14.6. The van der Waals surface area contributed by atoms with E-state index in [1.165, 1.54) is 12.1 Å². The minimum atomic E-state index is -0.649. The summed E-state index contributed by atoms with van der Waals surface area (Å²) in [4.78, 5) is 10.6. The van der Waals surface area contributed by atoms with E-state index in [9.17, 15) is 9.18 Å². The number of aromatic hydroxyl groups is 1. The number of phenolic OH excluding ortho intramolecular Hbond substituents is 1. The summed E-state index contributed by atoms with van der Waals surface area (Å²) in [7, 11) is 0. The van der Waals surface area contributed by atoms with Crippen molar-refractivity contribution < 1.29 is 19.0 Å². The maximum atomic E-state index is 13.2. The second-order valence-corrected chi connectivity index (χ2v) is 4.42. The van der Waals surface area contributed by atoms with Gasteiger partial charge in [0.15, 0.2) is 18.2 Å². The average molecular weight is 290 g/mol. The van der Waals surface area contributed by atoms with E-state index >= 15 is 0 Å². The van der Waals surface area contributed by atoms with Gasteiger partial charge in [0.2, 0.25) is 0 Å². The number of benzene rings is 2. The molecule has 0 aliphatic rings. The van der Waals surface area contributed by atoms with Crippen LogP contribution in [0, 0.1) is 5.82 Å². The number of carbonyl (C=O) groups excluding carboxylic acids is 1. The maximum absolute atomic E-state index is 13.2. The molecule has 4 N–H and O–H groups in total. The van der Waals surface area contributed by atoms with Gasteiger partial charge in [0, 0.05) is 12.2 Å². The monoisotopic (exact) mass is 290 g/mol. The SMILES string of the molecule is NC(=O)COc1ccc(NCc2ccc(O)c(F)c2)cc1. The Balaban J connectivity index is 1.91. The number of anilines is 1. The highest BCUT2D eigenvalue weighted by Gasteiger charge is 2.02. The molecule has 0 aliphatic heterocycles. The molecule has 0 spiro atoms. The Kier molecular flexibility index (Phi) is 4.61. The van der Waals surface area contributed by atoms with Crippen LogP contribution < -0.4 is 15.8 Å². The second kappa shape index (κ2) is 6.60. The van der Waals surface area contributed by atoms with E-state index in [2.05, 4.69) is 5.32 Å². The van der Waals surface area contributed by atoms with Crippen LogP contribution in [-0.4, -0.2) is 17.6 Å². The number of ether oxygens (including phenoxy) is 1. The first-order valence-corrected chi connectivity index (χ1v) is 6.27. The van der Waals surface area contributed by atoms with E-state index in [1.807, 2.05) is 0 Å². The molecule has 0 bridgehead atoms. The van der Waals surface area contributed by atoms with Crippen LogP contribution in [0.2, 0.25) is 0 Å². The predicted octanol–water partition coefficient (Wildman–Crippen LogP) is 2.01. The Morgan fingerprint density at radius 1 is 1.24 bits per heavy atom. The van der Waals surface area contributed by atoms with E-state index < -0.39 is 11.7 Å². The van der Waals surface area contributed by atoms with Crippen LogP contribution in [0.4, 0.5) is 10.1 Å². The molecule has 0 saturated carbocycles. The van der Waals surface area contributed by atoms with E-state index in [0.29, 0.717) is 17.9 Å². The molecule has 0 aromatic heterocycles. The third kappa shape index (κ3) is 4.38. The molecule has 0 atom stereocenters. The van der Waals surface area contributed by atoms with E-state index in [4.69, 9.17) is 15.6 Å². The van der Waals surface area contributed by atoms with Gasteiger partial charge in [-0.05, 0) is 42.0 Å². The average Bonchev–Trinajstić information content (AvgIpc) is 2.47. The molecule has 0 radical (unpaired) electrons.